The fraction of sp³-hybridized carbons (Fsp3) is 0.667. The van der Waals surface area contributed by atoms with Gasteiger partial charge in [-0.1, -0.05) is 11.8 Å². The first kappa shape index (κ1) is 14.6. The second kappa shape index (κ2) is 5.83. The Bertz CT molecular complexity index is 551. The van der Waals surface area contributed by atoms with Gasteiger partial charge in [-0.15, -0.1) is 0 Å². The normalized spacial score (nSPS) is 19.0. The number of carbonyl (C=O) groups is 1. The molecular weight excluding hydrogens is 284 g/mol. The van der Waals surface area contributed by atoms with Gasteiger partial charge < -0.3 is 9.80 Å². The molecule has 2 aliphatic rings. The Kier molecular flexibility index (Phi) is 4.06. The zero-order chi connectivity index (χ0) is 15.0. The van der Waals surface area contributed by atoms with Crippen molar-refractivity contribution in [3.63, 3.8) is 0 Å². The molecular formula is C15H22N4OS. The molecule has 0 atom stereocenters. The van der Waals surface area contributed by atoms with Crippen LogP contribution in [0.25, 0.3) is 0 Å². The molecule has 1 aliphatic carbocycles. The third-order valence-corrected chi connectivity index (χ3v) is 4.89. The number of thioether (sulfide) groups is 1. The van der Waals surface area contributed by atoms with Crippen LogP contribution in [0.2, 0.25) is 0 Å². The molecule has 5 nitrogen and oxygen atoms in total. The lowest BCUT2D eigenvalue weighted by atomic mass is 10.2. The molecule has 0 spiro atoms. The largest absolute Gasteiger partial charge is 0.353 e. The Labute approximate surface area is 130 Å². The maximum absolute atomic E-state index is 12.1. The minimum absolute atomic E-state index is 0.322. The molecule has 2 fully saturated rings. The van der Waals surface area contributed by atoms with Crippen LogP contribution in [0.1, 0.15) is 24.1 Å². The van der Waals surface area contributed by atoms with Gasteiger partial charge in [0.25, 0.3) is 0 Å². The van der Waals surface area contributed by atoms with Gasteiger partial charge in [0, 0.05) is 43.4 Å². The second-order valence-electron chi connectivity index (χ2n) is 5.83. The molecule has 1 amide bonds. The van der Waals surface area contributed by atoms with Gasteiger partial charge in [0.2, 0.25) is 5.91 Å². The molecule has 1 saturated heterocycles. The molecule has 1 aliphatic heterocycles. The number of anilines is 1. The van der Waals surface area contributed by atoms with Crippen LogP contribution >= 0.6 is 11.8 Å². The van der Waals surface area contributed by atoms with Crippen LogP contribution in [-0.2, 0) is 4.79 Å². The topological polar surface area (TPSA) is 49.3 Å². The molecule has 0 aromatic carbocycles. The lowest BCUT2D eigenvalue weighted by Gasteiger charge is -2.36. The third kappa shape index (κ3) is 3.00. The van der Waals surface area contributed by atoms with Crippen LogP contribution in [0, 0.1) is 19.8 Å². The van der Waals surface area contributed by atoms with Crippen molar-refractivity contribution >= 4 is 23.5 Å². The van der Waals surface area contributed by atoms with E-state index in [9.17, 15) is 4.79 Å². The summed E-state index contributed by atoms with van der Waals surface area (Å²) in [7, 11) is 0. The van der Waals surface area contributed by atoms with E-state index in [1.807, 2.05) is 18.1 Å². The highest BCUT2D eigenvalue weighted by Gasteiger charge is 2.34. The zero-order valence-electron chi connectivity index (χ0n) is 12.9. The molecule has 0 radical (unpaired) electrons. The molecule has 1 aromatic heterocycles. The van der Waals surface area contributed by atoms with Crippen molar-refractivity contribution in [2.24, 2.45) is 5.92 Å². The lowest BCUT2D eigenvalue weighted by Crippen LogP contribution is -2.49. The van der Waals surface area contributed by atoms with Crippen molar-refractivity contribution in [2.45, 2.75) is 31.8 Å². The quantitative estimate of drug-likeness (QED) is 0.630. The minimum atomic E-state index is 0.322. The first-order chi connectivity index (χ1) is 10.1. The van der Waals surface area contributed by atoms with Crippen LogP contribution in [0.5, 0.6) is 0 Å². The van der Waals surface area contributed by atoms with Crippen LogP contribution < -0.4 is 4.90 Å². The fourth-order valence-corrected chi connectivity index (χ4v) is 3.12. The number of rotatable bonds is 3. The number of nitrogens with zero attached hydrogens (tertiary/aromatic N) is 4. The van der Waals surface area contributed by atoms with E-state index in [2.05, 4.69) is 21.8 Å². The van der Waals surface area contributed by atoms with Crippen molar-refractivity contribution in [2.75, 3.05) is 37.3 Å². The molecule has 114 valence electrons. The molecule has 6 heteroatoms. The highest BCUT2D eigenvalue weighted by atomic mass is 32.2. The van der Waals surface area contributed by atoms with Crippen molar-refractivity contribution in [3.8, 4) is 0 Å². The average Bonchev–Trinajstić information content (AvgIpc) is 3.34. The summed E-state index contributed by atoms with van der Waals surface area (Å²) in [5, 5.41) is 0.824. The third-order valence-electron chi connectivity index (χ3n) is 4.34. The number of hydrogen-bond donors (Lipinski definition) is 0. The number of aromatic nitrogens is 2. The van der Waals surface area contributed by atoms with Crippen molar-refractivity contribution < 1.29 is 4.79 Å². The van der Waals surface area contributed by atoms with Gasteiger partial charge in [-0.25, -0.2) is 9.97 Å². The molecule has 0 bridgehead atoms. The predicted molar refractivity (Wildman–Crippen MR) is 84.8 cm³/mol. The van der Waals surface area contributed by atoms with E-state index in [4.69, 9.17) is 0 Å². The van der Waals surface area contributed by atoms with Gasteiger partial charge in [-0.05, 0) is 32.9 Å². The summed E-state index contributed by atoms with van der Waals surface area (Å²) < 4.78 is 0. The first-order valence-corrected chi connectivity index (χ1v) is 8.75. The number of piperazine rings is 1. The summed E-state index contributed by atoms with van der Waals surface area (Å²) in [6.45, 7) is 7.47. The van der Waals surface area contributed by atoms with Gasteiger partial charge in [-0.3, -0.25) is 4.79 Å². The molecule has 1 aromatic rings. The summed E-state index contributed by atoms with van der Waals surface area (Å²) in [5.74, 6) is 1.71. The summed E-state index contributed by atoms with van der Waals surface area (Å²) in [5.41, 5.74) is 2.19. The van der Waals surface area contributed by atoms with E-state index in [1.165, 1.54) is 0 Å². The Morgan fingerprint density at radius 2 is 1.81 bits per heavy atom. The summed E-state index contributed by atoms with van der Waals surface area (Å²) in [4.78, 5) is 25.6. The Balaban J connectivity index is 1.71. The molecule has 0 unspecified atom stereocenters. The van der Waals surface area contributed by atoms with E-state index in [0.717, 1.165) is 61.3 Å². The van der Waals surface area contributed by atoms with Gasteiger partial charge in [-0.2, -0.15) is 0 Å². The fourth-order valence-electron chi connectivity index (χ4n) is 2.71. The zero-order valence-corrected chi connectivity index (χ0v) is 13.7. The van der Waals surface area contributed by atoms with E-state index in [-0.39, 0.29) is 0 Å². The monoisotopic (exact) mass is 306 g/mol. The maximum atomic E-state index is 12.1. The Hall–Kier alpha value is -1.30. The van der Waals surface area contributed by atoms with Gasteiger partial charge in [0.1, 0.15) is 5.82 Å². The number of amides is 1. The molecule has 3 rings (SSSR count). The van der Waals surface area contributed by atoms with Crippen LogP contribution in [0.3, 0.4) is 0 Å². The van der Waals surface area contributed by atoms with Gasteiger partial charge >= 0.3 is 0 Å². The molecule has 21 heavy (non-hydrogen) atoms. The SMILES string of the molecule is CSc1nc(C)c(C)c(N2CCN(C(=O)C3CC3)CC2)n1. The number of carbonyl (C=O) groups excluding carboxylic acids is 1. The van der Waals surface area contributed by atoms with Crippen LogP contribution in [-0.4, -0.2) is 53.2 Å². The molecule has 0 N–H and O–H groups in total. The Morgan fingerprint density at radius 3 is 2.38 bits per heavy atom. The second-order valence-corrected chi connectivity index (χ2v) is 6.60. The summed E-state index contributed by atoms with van der Waals surface area (Å²) in [6.07, 6.45) is 4.17. The molecule has 2 heterocycles. The van der Waals surface area contributed by atoms with Gasteiger partial charge in [0.05, 0.1) is 0 Å². The van der Waals surface area contributed by atoms with Crippen molar-refractivity contribution in [3.05, 3.63) is 11.3 Å². The van der Waals surface area contributed by atoms with Crippen LogP contribution in [0.4, 0.5) is 5.82 Å². The lowest BCUT2D eigenvalue weighted by molar-refractivity contribution is -0.132. The van der Waals surface area contributed by atoms with E-state index >= 15 is 0 Å². The first-order valence-electron chi connectivity index (χ1n) is 7.53. The van der Waals surface area contributed by atoms with Crippen molar-refractivity contribution in [1.29, 1.82) is 0 Å². The van der Waals surface area contributed by atoms with E-state index < -0.39 is 0 Å². The van der Waals surface area contributed by atoms with Crippen molar-refractivity contribution in [1.82, 2.24) is 14.9 Å². The van der Waals surface area contributed by atoms with E-state index in [1.54, 1.807) is 11.8 Å². The van der Waals surface area contributed by atoms with Gasteiger partial charge in [0.15, 0.2) is 5.16 Å². The summed E-state index contributed by atoms with van der Waals surface area (Å²) in [6, 6.07) is 0. The molecule has 1 saturated carbocycles. The average molecular weight is 306 g/mol. The Morgan fingerprint density at radius 1 is 1.14 bits per heavy atom. The number of hydrogen-bond acceptors (Lipinski definition) is 5. The van der Waals surface area contributed by atoms with E-state index in [0.29, 0.717) is 11.8 Å². The highest BCUT2D eigenvalue weighted by Crippen LogP contribution is 2.31. The predicted octanol–water partition coefficient (Wildman–Crippen LogP) is 1.87. The van der Waals surface area contributed by atoms with Crippen LogP contribution in [0.15, 0.2) is 5.16 Å². The maximum Gasteiger partial charge on any atom is 0.225 e. The summed E-state index contributed by atoms with van der Waals surface area (Å²) >= 11 is 1.57. The minimum Gasteiger partial charge on any atom is -0.353 e. The standard InChI is InChI=1S/C15H22N4OS/c1-10-11(2)16-15(21-3)17-13(10)18-6-8-19(9-7-18)14(20)12-4-5-12/h12H,4-9H2,1-3H3. The smallest absolute Gasteiger partial charge is 0.225 e. The number of aryl methyl sites for hydroxylation is 1. The highest BCUT2D eigenvalue weighted by molar-refractivity contribution is 7.98.